The maximum Gasteiger partial charge on any atom is -0.00257 e. The van der Waals surface area contributed by atoms with E-state index in [4.69, 9.17) is 0 Å². The third-order valence-electron chi connectivity index (χ3n) is 2.65. The fourth-order valence-electron chi connectivity index (χ4n) is 1.79. The molecule has 0 fully saturated rings. The molecule has 0 heteroatoms. The third-order valence-corrected chi connectivity index (χ3v) is 2.65. The summed E-state index contributed by atoms with van der Waals surface area (Å²) in [5, 5.41) is 0. The van der Waals surface area contributed by atoms with Crippen molar-refractivity contribution in [1.82, 2.24) is 0 Å². The van der Waals surface area contributed by atoms with E-state index in [0.717, 1.165) is 12.8 Å². The maximum atomic E-state index is 3.00. The van der Waals surface area contributed by atoms with E-state index in [9.17, 15) is 0 Å². The first-order chi connectivity index (χ1) is 8.38. The fraction of sp³-hybridized carbons (Fsp3) is 0.176. The molecule has 0 saturated heterocycles. The molecule has 0 radical (unpaired) electrons. The minimum Gasteiger partial charge on any atom is -0.106 e. The molecule has 0 nitrogen and oxygen atoms in total. The summed E-state index contributed by atoms with van der Waals surface area (Å²) in [6.45, 7) is 8.20. The van der Waals surface area contributed by atoms with Gasteiger partial charge in [0.2, 0.25) is 0 Å². The van der Waals surface area contributed by atoms with E-state index < -0.39 is 0 Å². The molecule has 2 rings (SSSR count). The number of rotatable bonds is 3. The van der Waals surface area contributed by atoms with Crippen LogP contribution >= 0.6 is 0 Å². The second-order valence-corrected chi connectivity index (χ2v) is 3.84. The highest BCUT2D eigenvalue weighted by Gasteiger charge is 1.96. The quantitative estimate of drug-likeness (QED) is 0.666. The molecule has 17 heavy (non-hydrogen) atoms. The van der Waals surface area contributed by atoms with Gasteiger partial charge >= 0.3 is 0 Å². The summed E-state index contributed by atoms with van der Waals surface area (Å²) in [6.07, 6.45) is 2.15. The lowest BCUT2D eigenvalue weighted by molar-refractivity contribution is 1.11. The van der Waals surface area contributed by atoms with Gasteiger partial charge in [-0.05, 0) is 29.5 Å². The standard InChI is InChI=1S/C15H16.C2H4/c1-2-13-9-6-10-15(11-13)12-14-7-4-3-5-8-14;1-2/h3-11H,2,12H2,1H3;1-2H2. The van der Waals surface area contributed by atoms with Crippen LogP contribution < -0.4 is 0 Å². The van der Waals surface area contributed by atoms with Crippen LogP contribution in [0, 0.1) is 0 Å². The third kappa shape index (κ3) is 4.28. The SMILES string of the molecule is C=C.CCc1cccc(Cc2ccccc2)c1. The first-order valence-electron chi connectivity index (χ1n) is 6.00. The van der Waals surface area contributed by atoms with E-state index in [0.29, 0.717) is 0 Å². The highest BCUT2D eigenvalue weighted by molar-refractivity contribution is 5.29. The summed E-state index contributed by atoms with van der Waals surface area (Å²) in [5.74, 6) is 0. The van der Waals surface area contributed by atoms with Crippen LogP contribution in [0.3, 0.4) is 0 Å². The molecule has 0 atom stereocenters. The van der Waals surface area contributed by atoms with E-state index in [-0.39, 0.29) is 0 Å². The molecular formula is C17H20. The van der Waals surface area contributed by atoms with Crippen molar-refractivity contribution in [1.29, 1.82) is 0 Å². The van der Waals surface area contributed by atoms with Gasteiger partial charge in [0.15, 0.2) is 0 Å². The van der Waals surface area contributed by atoms with Crippen LogP contribution in [0.4, 0.5) is 0 Å². The zero-order valence-corrected chi connectivity index (χ0v) is 10.5. The van der Waals surface area contributed by atoms with Crippen molar-refractivity contribution in [2.24, 2.45) is 0 Å². The summed E-state index contributed by atoms with van der Waals surface area (Å²) in [4.78, 5) is 0. The van der Waals surface area contributed by atoms with E-state index in [1.165, 1.54) is 16.7 Å². The predicted octanol–water partition coefficient (Wildman–Crippen LogP) is 4.64. The van der Waals surface area contributed by atoms with E-state index in [1.807, 2.05) is 0 Å². The van der Waals surface area contributed by atoms with Gasteiger partial charge in [0.1, 0.15) is 0 Å². The van der Waals surface area contributed by atoms with Gasteiger partial charge < -0.3 is 0 Å². The summed E-state index contributed by atoms with van der Waals surface area (Å²) >= 11 is 0. The van der Waals surface area contributed by atoms with Crippen molar-refractivity contribution >= 4 is 0 Å². The van der Waals surface area contributed by atoms with Crippen molar-refractivity contribution in [3.05, 3.63) is 84.4 Å². The van der Waals surface area contributed by atoms with Crippen LogP contribution in [-0.2, 0) is 12.8 Å². The van der Waals surface area contributed by atoms with Gasteiger partial charge in [-0.3, -0.25) is 0 Å². The van der Waals surface area contributed by atoms with Crippen LogP contribution in [0.1, 0.15) is 23.6 Å². The van der Waals surface area contributed by atoms with Crippen LogP contribution in [0.15, 0.2) is 67.8 Å². The molecule has 0 unspecified atom stereocenters. The highest BCUT2D eigenvalue weighted by Crippen LogP contribution is 2.11. The van der Waals surface area contributed by atoms with E-state index >= 15 is 0 Å². The number of hydrogen-bond donors (Lipinski definition) is 0. The Labute approximate surface area is 105 Å². The Bertz CT molecular complexity index is 429. The molecule has 0 bridgehead atoms. The zero-order valence-electron chi connectivity index (χ0n) is 10.5. The summed E-state index contributed by atoms with van der Waals surface area (Å²) in [6, 6.07) is 19.5. The number of aryl methyl sites for hydroxylation is 1. The monoisotopic (exact) mass is 224 g/mol. The average Bonchev–Trinajstić information content (AvgIpc) is 2.42. The first kappa shape index (κ1) is 13.2. The van der Waals surface area contributed by atoms with Gasteiger partial charge in [0.25, 0.3) is 0 Å². The Morgan fingerprint density at radius 3 is 2.00 bits per heavy atom. The van der Waals surface area contributed by atoms with Gasteiger partial charge in [-0.2, -0.15) is 0 Å². The maximum absolute atomic E-state index is 3.00. The topological polar surface area (TPSA) is 0 Å². The molecule has 0 N–H and O–H groups in total. The van der Waals surface area contributed by atoms with Crippen LogP contribution in [0.5, 0.6) is 0 Å². The minimum atomic E-state index is 1.04. The lowest BCUT2D eigenvalue weighted by Gasteiger charge is -2.03. The molecule has 0 saturated carbocycles. The minimum absolute atomic E-state index is 1.04. The normalized spacial score (nSPS) is 9.24. The van der Waals surface area contributed by atoms with Gasteiger partial charge in [0.05, 0.1) is 0 Å². The lowest BCUT2D eigenvalue weighted by Crippen LogP contribution is -1.89. The Kier molecular flexibility index (Phi) is 5.81. The van der Waals surface area contributed by atoms with E-state index in [2.05, 4.69) is 74.7 Å². The number of benzene rings is 2. The molecule has 0 aliphatic carbocycles. The lowest BCUT2D eigenvalue weighted by atomic mass is 10.0. The molecule has 0 spiro atoms. The molecule has 0 amide bonds. The second kappa shape index (κ2) is 7.45. The van der Waals surface area contributed by atoms with Crippen LogP contribution in [-0.4, -0.2) is 0 Å². The molecule has 2 aromatic carbocycles. The molecule has 88 valence electrons. The van der Waals surface area contributed by atoms with Gasteiger partial charge in [-0.15, -0.1) is 13.2 Å². The smallest absolute Gasteiger partial charge is 0.00257 e. The Hall–Kier alpha value is -1.82. The second-order valence-electron chi connectivity index (χ2n) is 3.84. The summed E-state index contributed by atoms with van der Waals surface area (Å²) in [5.41, 5.74) is 4.20. The molecule has 2 aromatic rings. The largest absolute Gasteiger partial charge is 0.106 e. The Balaban J connectivity index is 0.000000686. The molecule has 0 aliphatic heterocycles. The Morgan fingerprint density at radius 1 is 0.765 bits per heavy atom. The predicted molar refractivity (Wildman–Crippen MR) is 76.3 cm³/mol. The molecule has 0 heterocycles. The molecular weight excluding hydrogens is 204 g/mol. The Morgan fingerprint density at radius 2 is 1.35 bits per heavy atom. The van der Waals surface area contributed by atoms with E-state index in [1.54, 1.807) is 0 Å². The zero-order chi connectivity index (χ0) is 12.5. The van der Waals surface area contributed by atoms with Crippen molar-refractivity contribution < 1.29 is 0 Å². The fourth-order valence-corrected chi connectivity index (χ4v) is 1.79. The van der Waals surface area contributed by atoms with Gasteiger partial charge in [-0.25, -0.2) is 0 Å². The number of hydrogen-bond acceptors (Lipinski definition) is 0. The van der Waals surface area contributed by atoms with Crippen LogP contribution in [0.2, 0.25) is 0 Å². The average molecular weight is 224 g/mol. The van der Waals surface area contributed by atoms with Crippen molar-refractivity contribution in [2.45, 2.75) is 19.8 Å². The summed E-state index contributed by atoms with van der Waals surface area (Å²) < 4.78 is 0. The van der Waals surface area contributed by atoms with Crippen molar-refractivity contribution in [3.8, 4) is 0 Å². The first-order valence-corrected chi connectivity index (χ1v) is 6.00. The van der Waals surface area contributed by atoms with Crippen molar-refractivity contribution in [3.63, 3.8) is 0 Å². The van der Waals surface area contributed by atoms with Gasteiger partial charge in [0, 0.05) is 0 Å². The van der Waals surface area contributed by atoms with Gasteiger partial charge in [-0.1, -0.05) is 61.5 Å². The highest BCUT2D eigenvalue weighted by atomic mass is 14.0. The van der Waals surface area contributed by atoms with Crippen LogP contribution in [0.25, 0.3) is 0 Å². The van der Waals surface area contributed by atoms with Crippen molar-refractivity contribution in [2.75, 3.05) is 0 Å². The summed E-state index contributed by atoms with van der Waals surface area (Å²) in [7, 11) is 0. The molecule has 0 aliphatic rings. The molecule has 0 aromatic heterocycles.